The van der Waals surface area contributed by atoms with Crippen LogP contribution < -0.4 is 5.73 Å². The Morgan fingerprint density at radius 1 is 1.47 bits per heavy atom. The maximum absolute atomic E-state index is 11.7. The lowest BCUT2D eigenvalue weighted by atomic mass is 10.0. The van der Waals surface area contributed by atoms with E-state index >= 15 is 0 Å². The summed E-state index contributed by atoms with van der Waals surface area (Å²) < 4.78 is 4.78. The van der Waals surface area contributed by atoms with E-state index in [1.807, 2.05) is 12.3 Å². The number of nitrogen functional groups attached to an aromatic ring is 1. The number of aryl methyl sites for hydroxylation is 1. The Hall–Kier alpha value is -1.40. The predicted octanol–water partition coefficient (Wildman–Crippen LogP) is 3.67. The van der Waals surface area contributed by atoms with Crippen molar-refractivity contribution in [2.75, 3.05) is 12.8 Å². The van der Waals surface area contributed by atoms with Gasteiger partial charge in [0, 0.05) is 5.38 Å². The molecule has 2 heterocycles. The van der Waals surface area contributed by atoms with Gasteiger partial charge in [0.1, 0.15) is 4.88 Å². The van der Waals surface area contributed by atoms with Crippen LogP contribution in [0.2, 0.25) is 0 Å². The predicted molar refractivity (Wildman–Crippen MR) is 80.0 cm³/mol. The molecular weight excluding hydrogens is 280 g/mol. The number of nitrogens with two attached hydrogens (primary N) is 1. The van der Waals surface area contributed by atoms with E-state index < -0.39 is 0 Å². The highest BCUT2D eigenvalue weighted by atomic mass is 32.1. The highest BCUT2D eigenvalue weighted by Gasteiger charge is 2.24. The Morgan fingerprint density at radius 3 is 2.63 bits per heavy atom. The second-order valence-electron chi connectivity index (χ2n) is 4.49. The first-order chi connectivity index (χ1) is 8.95. The maximum Gasteiger partial charge on any atom is 0.350 e. The molecule has 0 saturated carbocycles. The van der Waals surface area contributed by atoms with Crippen molar-refractivity contribution in [1.29, 1.82) is 0 Å². The van der Waals surface area contributed by atoms with E-state index in [1.165, 1.54) is 18.4 Å². The standard InChI is InChI=1S/C13H16N2O2S2/c1-6(2)9-10(14)12(13(16)17-4)19-11(9)8-5-18-7(3)15-8/h5-6H,14H2,1-4H3. The smallest absolute Gasteiger partial charge is 0.350 e. The largest absolute Gasteiger partial charge is 0.465 e. The molecule has 0 amide bonds. The van der Waals surface area contributed by atoms with Crippen molar-refractivity contribution in [1.82, 2.24) is 4.98 Å². The molecule has 0 aromatic carbocycles. The molecule has 6 heteroatoms. The molecule has 0 aliphatic rings. The summed E-state index contributed by atoms with van der Waals surface area (Å²) in [5, 5.41) is 2.99. The van der Waals surface area contributed by atoms with Crippen molar-refractivity contribution in [2.45, 2.75) is 26.7 Å². The van der Waals surface area contributed by atoms with E-state index in [4.69, 9.17) is 10.5 Å². The summed E-state index contributed by atoms with van der Waals surface area (Å²) in [4.78, 5) is 17.7. The van der Waals surface area contributed by atoms with Crippen LogP contribution in [0.4, 0.5) is 5.69 Å². The Labute approximate surface area is 120 Å². The van der Waals surface area contributed by atoms with E-state index in [2.05, 4.69) is 18.8 Å². The van der Waals surface area contributed by atoms with Crippen LogP contribution in [-0.2, 0) is 4.74 Å². The molecule has 0 aliphatic carbocycles. The van der Waals surface area contributed by atoms with Crippen molar-refractivity contribution in [3.05, 3.63) is 20.8 Å². The first kappa shape index (κ1) is 14.0. The maximum atomic E-state index is 11.7. The van der Waals surface area contributed by atoms with Crippen LogP contribution in [0.5, 0.6) is 0 Å². The van der Waals surface area contributed by atoms with Gasteiger partial charge in [-0.3, -0.25) is 0 Å². The monoisotopic (exact) mass is 296 g/mol. The number of thiophene rings is 1. The number of aromatic nitrogens is 1. The van der Waals surface area contributed by atoms with Crippen LogP contribution in [0.15, 0.2) is 5.38 Å². The van der Waals surface area contributed by atoms with E-state index in [-0.39, 0.29) is 11.9 Å². The normalized spacial score (nSPS) is 11.0. The summed E-state index contributed by atoms with van der Waals surface area (Å²) in [6.07, 6.45) is 0. The number of ether oxygens (including phenoxy) is 1. The second-order valence-corrected chi connectivity index (χ2v) is 6.57. The number of hydrogen-bond acceptors (Lipinski definition) is 6. The van der Waals surface area contributed by atoms with Gasteiger partial charge in [-0.2, -0.15) is 0 Å². The van der Waals surface area contributed by atoms with E-state index in [9.17, 15) is 4.79 Å². The lowest BCUT2D eigenvalue weighted by Gasteiger charge is -2.07. The number of anilines is 1. The highest BCUT2D eigenvalue weighted by molar-refractivity contribution is 7.18. The molecular formula is C13H16N2O2S2. The van der Waals surface area contributed by atoms with E-state index in [1.54, 1.807) is 11.3 Å². The van der Waals surface area contributed by atoms with Gasteiger partial charge in [-0.25, -0.2) is 9.78 Å². The van der Waals surface area contributed by atoms with Crippen molar-refractivity contribution in [3.8, 4) is 10.6 Å². The molecule has 102 valence electrons. The summed E-state index contributed by atoms with van der Waals surface area (Å²) in [6.45, 7) is 6.08. The van der Waals surface area contributed by atoms with Crippen molar-refractivity contribution in [2.24, 2.45) is 0 Å². The third kappa shape index (κ3) is 2.50. The van der Waals surface area contributed by atoms with Gasteiger partial charge < -0.3 is 10.5 Å². The Morgan fingerprint density at radius 2 is 2.16 bits per heavy atom. The Kier molecular flexibility index (Phi) is 3.91. The summed E-state index contributed by atoms with van der Waals surface area (Å²) in [6, 6.07) is 0. The molecule has 0 saturated heterocycles. The molecule has 0 spiro atoms. The van der Waals surface area contributed by atoms with Crippen LogP contribution in [0, 0.1) is 6.92 Å². The molecule has 0 radical (unpaired) electrons. The second kappa shape index (κ2) is 5.30. The number of thiazole rings is 1. The third-order valence-electron chi connectivity index (χ3n) is 2.78. The molecule has 0 atom stereocenters. The molecule has 19 heavy (non-hydrogen) atoms. The lowest BCUT2D eigenvalue weighted by molar-refractivity contribution is 0.0607. The molecule has 4 nitrogen and oxygen atoms in total. The summed E-state index contributed by atoms with van der Waals surface area (Å²) in [5.74, 6) is -0.158. The summed E-state index contributed by atoms with van der Waals surface area (Å²) >= 11 is 2.95. The van der Waals surface area contributed by atoms with Crippen LogP contribution in [0.1, 0.15) is 40.0 Å². The number of rotatable bonds is 3. The Balaban J connectivity index is 2.63. The average molecular weight is 296 g/mol. The minimum Gasteiger partial charge on any atom is -0.465 e. The topological polar surface area (TPSA) is 65.2 Å². The van der Waals surface area contributed by atoms with Gasteiger partial charge in [-0.15, -0.1) is 22.7 Å². The lowest BCUT2D eigenvalue weighted by Crippen LogP contribution is -2.03. The molecule has 0 unspecified atom stereocenters. The molecule has 0 bridgehead atoms. The number of nitrogens with zero attached hydrogens (tertiary/aromatic N) is 1. The Bertz CT molecular complexity index is 614. The number of hydrogen-bond donors (Lipinski definition) is 1. The summed E-state index contributed by atoms with van der Waals surface area (Å²) in [7, 11) is 1.36. The van der Waals surface area contributed by atoms with Crippen LogP contribution in [0.3, 0.4) is 0 Å². The van der Waals surface area contributed by atoms with Gasteiger partial charge in [0.05, 0.1) is 28.4 Å². The van der Waals surface area contributed by atoms with Gasteiger partial charge in [-0.05, 0) is 18.4 Å². The molecule has 0 aliphatic heterocycles. The fourth-order valence-electron chi connectivity index (χ4n) is 1.93. The van der Waals surface area contributed by atoms with Gasteiger partial charge in [-0.1, -0.05) is 13.8 Å². The fourth-order valence-corrected chi connectivity index (χ4v) is 3.87. The molecule has 2 rings (SSSR count). The number of carbonyl (C=O) groups excluding carboxylic acids is 1. The van der Waals surface area contributed by atoms with Crippen LogP contribution in [-0.4, -0.2) is 18.1 Å². The van der Waals surface area contributed by atoms with Crippen molar-refractivity contribution < 1.29 is 9.53 Å². The van der Waals surface area contributed by atoms with Gasteiger partial charge in [0.25, 0.3) is 0 Å². The first-order valence-electron chi connectivity index (χ1n) is 5.88. The summed E-state index contributed by atoms with van der Waals surface area (Å²) in [5.41, 5.74) is 8.50. The number of methoxy groups -OCH3 is 1. The van der Waals surface area contributed by atoms with Gasteiger partial charge >= 0.3 is 5.97 Å². The van der Waals surface area contributed by atoms with Crippen LogP contribution in [0.25, 0.3) is 10.6 Å². The van der Waals surface area contributed by atoms with Gasteiger partial charge in [0.2, 0.25) is 0 Å². The number of carbonyl (C=O) groups is 1. The van der Waals surface area contributed by atoms with Crippen molar-refractivity contribution >= 4 is 34.3 Å². The highest BCUT2D eigenvalue weighted by Crippen LogP contribution is 2.42. The minimum atomic E-state index is -0.386. The molecule has 2 N–H and O–H groups in total. The third-order valence-corrected chi connectivity index (χ3v) is 4.78. The fraction of sp³-hybridized carbons (Fsp3) is 0.385. The quantitative estimate of drug-likeness (QED) is 0.878. The van der Waals surface area contributed by atoms with E-state index in [0.717, 1.165) is 21.1 Å². The first-order valence-corrected chi connectivity index (χ1v) is 7.58. The SMILES string of the molecule is COC(=O)c1sc(-c2csc(C)n2)c(C(C)C)c1N. The van der Waals surface area contributed by atoms with Crippen molar-refractivity contribution in [3.63, 3.8) is 0 Å². The molecule has 0 fully saturated rings. The zero-order valence-corrected chi connectivity index (χ0v) is 12.9. The van der Waals surface area contributed by atoms with E-state index in [0.29, 0.717) is 10.6 Å². The molecule has 2 aromatic heterocycles. The minimum absolute atomic E-state index is 0.228. The zero-order chi connectivity index (χ0) is 14.2. The van der Waals surface area contributed by atoms with Gasteiger partial charge in [0.15, 0.2) is 0 Å². The molecule has 2 aromatic rings. The van der Waals surface area contributed by atoms with Crippen LogP contribution >= 0.6 is 22.7 Å². The average Bonchev–Trinajstić information content (AvgIpc) is 2.92. The number of esters is 1. The zero-order valence-electron chi connectivity index (χ0n) is 11.3.